The van der Waals surface area contributed by atoms with Crippen LogP contribution in [0.3, 0.4) is 0 Å². The molecule has 0 fully saturated rings. The Morgan fingerprint density at radius 1 is 1.38 bits per heavy atom. The van der Waals surface area contributed by atoms with E-state index < -0.39 is 0 Å². The number of carbonyl (C=O) groups is 1. The van der Waals surface area contributed by atoms with Gasteiger partial charge in [0.25, 0.3) is 0 Å². The number of hydrogen-bond acceptors (Lipinski definition) is 2. The molecule has 0 spiro atoms. The predicted octanol–water partition coefficient (Wildman–Crippen LogP) is 1.56. The normalized spacial score (nSPS) is 10.1. The maximum Gasteiger partial charge on any atom is 0.210 e. The van der Waals surface area contributed by atoms with Crippen LogP contribution in [0.4, 0.5) is 0 Å². The molecule has 1 aromatic carbocycles. The van der Waals surface area contributed by atoms with Gasteiger partial charge >= 0.3 is 0 Å². The van der Waals surface area contributed by atoms with Crippen LogP contribution < -0.4 is 5.73 Å². The first-order valence-electron chi connectivity index (χ1n) is 5.77. The van der Waals surface area contributed by atoms with E-state index in [1.807, 2.05) is 6.07 Å². The van der Waals surface area contributed by atoms with Gasteiger partial charge in [0.05, 0.1) is 0 Å². The number of amides is 1. The first kappa shape index (κ1) is 12.7. The summed E-state index contributed by atoms with van der Waals surface area (Å²) >= 11 is 0. The fraction of sp³-hybridized carbons (Fsp3) is 0.462. The zero-order chi connectivity index (χ0) is 11.8. The van der Waals surface area contributed by atoms with E-state index in [1.165, 1.54) is 11.1 Å². The third-order valence-electron chi connectivity index (χ3n) is 2.58. The molecule has 3 nitrogen and oxygen atoms in total. The van der Waals surface area contributed by atoms with E-state index >= 15 is 0 Å². The van der Waals surface area contributed by atoms with Crippen LogP contribution in [0.2, 0.25) is 0 Å². The number of rotatable bonds is 7. The quantitative estimate of drug-likeness (QED) is 0.709. The van der Waals surface area contributed by atoms with Crippen molar-refractivity contribution in [2.75, 3.05) is 13.1 Å². The van der Waals surface area contributed by atoms with Crippen LogP contribution in [0.5, 0.6) is 0 Å². The highest BCUT2D eigenvalue weighted by Gasteiger charge is 2.02. The summed E-state index contributed by atoms with van der Waals surface area (Å²) in [6.45, 7) is 4.16. The molecule has 88 valence electrons. The Labute approximate surface area is 97.2 Å². The van der Waals surface area contributed by atoms with Crippen molar-refractivity contribution in [3.05, 3.63) is 35.4 Å². The molecule has 1 amide bonds. The minimum absolute atomic E-state index is 0.624. The van der Waals surface area contributed by atoms with Crippen molar-refractivity contribution in [1.29, 1.82) is 0 Å². The summed E-state index contributed by atoms with van der Waals surface area (Å²) < 4.78 is 0. The van der Waals surface area contributed by atoms with Crippen LogP contribution in [-0.2, 0) is 17.8 Å². The molecule has 0 atom stereocenters. The summed E-state index contributed by atoms with van der Waals surface area (Å²) in [7, 11) is 0. The monoisotopic (exact) mass is 220 g/mol. The van der Waals surface area contributed by atoms with Gasteiger partial charge in [-0.25, -0.2) is 0 Å². The molecule has 0 aliphatic heterocycles. The van der Waals surface area contributed by atoms with Crippen molar-refractivity contribution in [2.45, 2.75) is 26.3 Å². The summed E-state index contributed by atoms with van der Waals surface area (Å²) in [6, 6.07) is 8.35. The molecule has 3 heteroatoms. The molecule has 0 unspecified atom stereocenters. The molecular weight excluding hydrogens is 200 g/mol. The van der Waals surface area contributed by atoms with Gasteiger partial charge in [0.2, 0.25) is 6.41 Å². The Bertz CT molecular complexity index is 325. The van der Waals surface area contributed by atoms with Crippen LogP contribution in [-0.4, -0.2) is 24.4 Å². The number of nitrogens with zero attached hydrogens (tertiary/aromatic N) is 1. The van der Waals surface area contributed by atoms with Crippen molar-refractivity contribution in [1.82, 2.24) is 4.90 Å². The van der Waals surface area contributed by atoms with Crippen molar-refractivity contribution in [3.63, 3.8) is 0 Å². The first-order chi connectivity index (χ1) is 7.80. The first-order valence-corrected chi connectivity index (χ1v) is 5.77. The molecule has 0 heterocycles. The molecule has 1 aromatic rings. The van der Waals surface area contributed by atoms with E-state index in [0.717, 1.165) is 25.8 Å². The lowest BCUT2D eigenvalue weighted by molar-refractivity contribution is -0.118. The molecule has 0 aliphatic carbocycles. The second-order valence-corrected chi connectivity index (χ2v) is 3.89. The van der Waals surface area contributed by atoms with Gasteiger partial charge < -0.3 is 10.6 Å². The zero-order valence-electron chi connectivity index (χ0n) is 9.86. The van der Waals surface area contributed by atoms with Crippen molar-refractivity contribution in [2.24, 2.45) is 5.73 Å². The highest BCUT2D eigenvalue weighted by atomic mass is 16.1. The van der Waals surface area contributed by atoms with Gasteiger partial charge in [-0.15, -0.1) is 0 Å². The molecule has 0 saturated heterocycles. The number of hydrogen-bond donors (Lipinski definition) is 1. The van der Waals surface area contributed by atoms with Gasteiger partial charge in [-0.3, -0.25) is 4.79 Å². The highest BCUT2D eigenvalue weighted by molar-refractivity contribution is 5.47. The van der Waals surface area contributed by atoms with E-state index in [2.05, 4.69) is 25.1 Å². The van der Waals surface area contributed by atoms with Crippen LogP contribution in [0.15, 0.2) is 24.3 Å². The van der Waals surface area contributed by atoms with Gasteiger partial charge in [-0.1, -0.05) is 31.2 Å². The van der Waals surface area contributed by atoms with Gasteiger partial charge in [-0.05, 0) is 30.5 Å². The standard InChI is InChI=1S/C13H20N2O/c1-2-12-5-3-6-13(9-12)10-15(11-16)8-4-7-14/h3,5-6,9,11H,2,4,7-8,10,14H2,1H3. The summed E-state index contributed by atoms with van der Waals surface area (Å²) in [5.74, 6) is 0. The summed E-state index contributed by atoms with van der Waals surface area (Å²) in [5, 5.41) is 0. The van der Waals surface area contributed by atoms with Crippen LogP contribution in [0, 0.1) is 0 Å². The fourth-order valence-corrected chi connectivity index (χ4v) is 1.65. The van der Waals surface area contributed by atoms with E-state index in [-0.39, 0.29) is 0 Å². The second-order valence-electron chi connectivity index (χ2n) is 3.89. The molecule has 0 saturated carbocycles. The molecule has 0 aliphatic rings. The molecular formula is C13H20N2O. The molecule has 0 radical (unpaired) electrons. The third-order valence-corrected chi connectivity index (χ3v) is 2.58. The van der Waals surface area contributed by atoms with Crippen LogP contribution >= 0.6 is 0 Å². The molecule has 2 N–H and O–H groups in total. The molecule has 0 aromatic heterocycles. The maximum absolute atomic E-state index is 10.9. The molecule has 0 bridgehead atoms. The number of benzene rings is 1. The second kappa shape index (κ2) is 7.01. The van der Waals surface area contributed by atoms with Crippen LogP contribution in [0.25, 0.3) is 0 Å². The van der Waals surface area contributed by atoms with Crippen molar-refractivity contribution < 1.29 is 4.79 Å². The SMILES string of the molecule is CCc1cccc(CN(C=O)CCCN)c1. The van der Waals surface area contributed by atoms with Gasteiger partial charge in [0.1, 0.15) is 0 Å². The smallest absolute Gasteiger partial charge is 0.210 e. The minimum Gasteiger partial charge on any atom is -0.341 e. The van der Waals surface area contributed by atoms with E-state index in [9.17, 15) is 4.79 Å². The van der Waals surface area contributed by atoms with Gasteiger partial charge in [-0.2, -0.15) is 0 Å². The molecule has 16 heavy (non-hydrogen) atoms. The van der Waals surface area contributed by atoms with E-state index in [0.29, 0.717) is 13.1 Å². The minimum atomic E-state index is 0.624. The molecule has 1 rings (SSSR count). The fourth-order valence-electron chi connectivity index (χ4n) is 1.65. The third kappa shape index (κ3) is 4.03. The van der Waals surface area contributed by atoms with E-state index in [1.54, 1.807) is 4.90 Å². The Morgan fingerprint density at radius 2 is 2.12 bits per heavy atom. The van der Waals surface area contributed by atoms with Crippen molar-refractivity contribution in [3.8, 4) is 0 Å². The average molecular weight is 220 g/mol. The largest absolute Gasteiger partial charge is 0.341 e. The van der Waals surface area contributed by atoms with Crippen molar-refractivity contribution >= 4 is 6.41 Å². The van der Waals surface area contributed by atoms with Gasteiger partial charge in [0, 0.05) is 13.1 Å². The highest BCUT2D eigenvalue weighted by Crippen LogP contribution is 2.08. The lowest BCUT2D eigenvalue weighted by Crippen LogP contribution is -2.24. The average Bonchev–Trinajstić information content (AvgIpc) is 2.34. The Balaban J connectivity index is 2.58. The Morgan fingerprint density at radius 3 is 2.75 bits per heavy atom. The predicted molar refractivity (Wildman–Crippen MR) is 66.0 cm³/mol. The Hall–Kier alpha value is -1.35. The maximum atomic E-state index is 10.9. The number of aryl methyl sites for hydroxylation is 1. The topological polar surface area (TPSA) is 46.3 Å². The summed E-state index contributed by atoms with van der Waals surface area (Å²) in [5.41, 5.74) is 7.92. The lowest BCUT2D eigenvalue weighted by atomic mass is 10.1. The Kier molecular flexibility index (Phi) is 5.57. The zero-order valence-corrected chi connectivity index (χ0v) is 9.86. The van der Waals surface area contributed by atoms with E-state index in [4.69, 9.17) is 5.73 Å². The summed E-state index contributed by atoms with van der Waals surface area (Å²) in [6.07, 6.45) is 2.78. The summed E-state index contributed by atoms with van der Waals surface area (Å²) in [4.78, 5) is 12.6. The lowest BCUT2D eigenvalue weighted by Gasteiger charge is -2.17. The number of carbonyl (C=O) groups excluding carboxylic acids is 1. The number of nitrogens with two attached hydrogens (primary N) is 1. The van der Waals surface area contributed by atoms with Crippen LogP contribution in [0.1, 0.15) is 24.5 Å². The van der Waals surface area contributed by atoms with Gasteiger partial charge in [0.15, 0.2) is 0 Å².